The highest BCUT2D eigenvalue weighted by Gasteiger charge is 2.29. The molecule has 1 aromatic rings. The fraction of sp³-hybridized carbons (Fsp3) is 0.333. The summed E-state index contributed by atoms with van der Waals surface area (Å²) in [4.78, 5) is 39.2. The first-order chi connectivity index (χ1) is 9.66. The average Bonchev–Trinajstić information content (AvgIpc) is 2.77. The fourth-order valence-corrected chi connectivity index (χ4v) is 2.32. The third kappa shape index (κ3) is 3.95. The van der Waals surface area contributed by atoms with Crippen molar-refractivity contribution in [2.24, 2.45) is 0 Å². The Morgan fingerprint density at radius 1 is 1.45 bits per heavy atom. The predicted molar refractivity (Wildman–Crippen MR) is 73.1 cm³/mol. The molecule has 0 aliphatic carbocycles. The molecule has 0 saturated carbocycles. The predicted octanol–water partition coefficient (Wildman–Crippen LogP) is -0.158. The van der Waals surface area contributed by atoms with Gasteiger partial charge < -0.3 is 10.6 Å². The number of carbonyl (C=O) groups excluding carboxylic acids is 3. The van der Waals surface area contributed by atoms with Gasteiger partial charge in [-0.05, 0) is 12.1 Å². The van der Waals surface area contributed by atoms with Crippen LogP contribution in [0.4, 0.5) is 4.79 Å². The number of nitrogens with one attached hydrogen (secondary N) is 2. The lowest BCUT2D eigenvalue weighted by Gasteiger charge is -2.11. The van der Waals surface area contributed by atoms with Gasteiger partial charge in [-0.25, -0.2) is 9.78 Å². The standard InChI is InChI=1S/C12H14N4O3S/c17-9(8-16-11(18)7-15-12(16)19)13-5-6-20-10-3-1-2-4-14-10/h1-4H,5-8H2,(H,13,17)(H,15,19). The normalized spacial score (nSPS) is 14.3. The molecule has 0 aromatic carbocycles. The molecule has 2 rings (SSSR count). The largest absolute Gasteiger partial charge is 0.354 e. The van der Waals surface area contributed by atoms with Gasteiger partial charge in [-0.1, -0.05) is 6.07 Å². The molecule has 2 N–H and O–H groups in total. The lowest BCUT2D eigenvalue weighted by Crippen LogP contribution is -2.41. The van der Waals surface area contributed by atoms with E-state index < -0.39 is 6.03 Å². The molecule has 1 aliphatic heterocycles. The zero-order valence-electron chi connectivity index (χ0n) is 10.7. The van der Waals surface area contributed by atoms with Crippen LogP contribution in [-0.4, -0.2) is 53.1 Å². The Kier molecular flexibility index (Phi) is 4.94. The van der Waals surface area contributed by atoms with Crippen LogP contribution < -0.4 is 10.6 Å². The highest BCUT2D eigenvalue weighted by molar-refractivity contribution is 7.99. The van der Waals surface area contributed by atoms with Gasteiger partial charge in [0.1, 0.15) is 6.54 Å². The molecule has 0 bridgehead atoms. The smallest absolute Gasteiger partial charge is 0.325 e. The summed E-state index contributed by atoms with van der Waals surface area (Å²) >= 11 is 1.52. The molecule has 4 amide bonds. The number of amides is 4. The van der Waals surface area contributed by atoms with Crippen LogP contribution in [0, 0.1) is 0 Å². The van der Waals surface area contributed by atoms with Crippen LogP contribution in [0.15, 0.2) is 29.4 Å². The van der Waals surface area contributed by atoms with Gasteiger partial charge in [0.15, 0.2) is 0 Å². The molecule has 0 unspecified atom stereocenters. The summed E-state index contributed by atoms with van der Waals surface area (Å²) in [7, 11) is 0. The third-order valence-electron chi connectivity index (χ3n) is 2.55. The maximum atomic E-state index is 11.6. The number of urea groups is 1. The van der Waals surface area contributed by atoms with E-state index in [-0.39, 0.29) is 24.9 Å². The van der Waals surface area contributed by atoms with E-state index in [2.05, 4.69) is 15.6 Å². The Balaban J connectivity index is 1.65. The number of aromatic nitrogens is 1. The molecular weight excluding hydrogens is 280 g/mol. The third-order valence-corrected chi connectivity index (χ3v) is 3.50. The van der Waals surface area contributed by atoms with E-state index in [0.717, 1.165) is 9.93 Å². The molecule has 7 nitrogen and oxygen atoms in total. The molecular formula is C12H14N4O3S. The second-order valence-electron chi connectivity index (χ2n) is 4.00. The number of nitrogens with zero attached hydrogens (tertiary/aromatic N) is 2. The number of pyridine rings is 1. The van der Waals surface area contributed by atoms with Gasteiger partial charge in [0.2, 0.25) is 5.91 Å². The number of imide groups is 1. The van der Waals surface area contributed by atoms with Gasteiger partial charge >= 0.3 is 6.03 Å². The molecule has 1 saturated heterocycles. The monoisotopic (exact) mass is 294 g/mol. The van der Waals surface area contributed by atoms with Crippen LogP contribution >= 0.6 is 11.8 Å². The molecule has 106 valence electrons. The van der Waals surface area contributed by atoms with Crippen molar-refractivity contribution < 1.29 is 14.4 Å². The number of hydrogen-bond acceptors (Lipinski definition) is 5. The Morgan fingerprint density at radius 3 is 2.95 bits per heavy atom. The minimum atomic E-state index is -0.520. The molecule has 1 aromatic heterocycles. The molecule has 0 atom stereocenters. The van der Waals surface area contributed by atoms with Crippen LogP contribution in [0.3, 0.4) is 0 Å². The SMILES string of the molecule is O=C(CN1C(=O)CNC1=O)NCCSc1ccccn1. The van der Waals surface area contributed by atoms with Gasteiger partial charge in [0.05, 0.1) is 11.6 Å². The van der Waals surface area contributed by atoms with Crippen LogP contribution in [-0.2, 0) is 9.59 Å². The van der Waals surface area contributed by atoms with Crippen LogP contribution in [0.25, 0.3) is 0 Å². The number of carbonyl (C=O) groups is 3. The number of thioether (sulfide) groups is 1. The quantitative estimate of drug-likeness (QED) is 0.432. The second kappa shape index (κ2) is 6.90. The Labute approximate surface area is 120 Å². The lowest BCUT2D eigenvalue weighted by atomic mass is 10.5. The fourth-order valence-electron chi connectivity index (χ4n) is 1.59. The minimum Gasteiger partial charge on any atom is -0.354 e. The van der Waals surface area contributed by atoms with Gasteiger partial charge in [-0.15, -0.1) is 11.8 Å². The van der Waals surface area contributed by atoms with Crippen LogP contribution in [0.2, 0.25) is 0 Å². The van der Waals surface area contributed by atoms with E-state index in [1.807, 2.05) is 18.2 Å². The molecule has 2 heterocycles. The molecule has 1 fully saturated rings. The first-order valence-corrected chi connectivity index (χ1v) is 7.04. The summed E-state index contributed by atoms with van der Waals surface area (Å²) in [6.45, 7) is 0.171. The molecule has 0 spiro atoms. The molecule has 8 heteroatoms. The van der Waals surface area contributed by atoms with Gasteiger partial charge in [-0.3, -0.25) is 14.5 Å². The Bertz CT molecular complexity index is 493. The van der Waals surface area contributed by atoms with E-state index in [0.29, 0.717) is 12.3 Å². The summed E-state index contributed by atoms with van der Waals surface area (Å²) in [6, 6.07) is 5.10. The topological polar surface area (TPSA) is 91.4 Å². The zero-order chi connectivity index (χ0) is 14.4. The van der Waals surface area contributed by atoms with E-state index in [9.17, 15) is 14.4 Å². The van der Waals surface area contributed by atoms with E-state index >= 15 is 0 Å². The Morgan fingerprint density at radius 2 is 2.30 bits per heavy atom. The molecule has 1 aliphatic rings. The van der Waals surface area contributed by atoms with Crippen molar-refractivity contribution in [1.82, 2.24) is 20.5 Å². The number of hydrogen-bond donors (Lipinski definition) is 2. The van der Waals surface area contributed by atoms with Crippen molar-refractivity contribution in [1.29, 1.82) is 0 Å². The van der Waals surface area contributed by atoms with E-state index in [1.54, 1.807) is 6.20 Å². The summed E-state index contributed by atoms with van der Waals surface area (Å²) in [5.74, 6) is -0.0619. The summed E-state index contributed by atoms with van der Waals surface area (Å²) in [6.07, 6.45) is 1.71. The van der Waals surface area contributed by atoms with Crippen molar-refractivity contribution in [2.75, 3.05) is 25.4 Å². The number of rotatable bonds is 6. The highest BCUT2D eigenvalue weighted by atomic mass is 32.2. The van der Waals surface area contributed by atoms with Crippen molar-refractivity contribution in [2.45, 2.75) is 5.03 Å². The zero-order valence-corrected chi connectivity index (χ0v) is 11.5. The first kappa shape index (κ1) is 14.3. The lowest BCUT2D eigenvalue weighted by molar-refractivity contribution is -0.130. The molecule has 20 heavy (non-hydrogen) atoms. The minimum absolute atomic E-state index is 0.0400. The highest BCUT2D eigenvalue weighted by Crippen LogP contribution is 2.12. The maximum absolute atomic E-state index is 11.6. The van der Waals surface area contributed by atoms with Crippen molar-refractivity contribution in [3.05, 3.63) is 24.4 Å². The van der Waals surface area contributed by atoms with Gasteiger partial charge in [0, 0.05) is 18.5 Å². The van der Waals surface area contributed by atoms with Crippen LogP contribution in [0.1, 0.15) is 0 Å². The second-order valence-corrected chi connectivity index (χ2v) is 5.12. The first-order valence-electron chi connectivity index (χ1n) is 6.05. The summed E-state index contributed by atoms with van der Waals surface area (Å²) in [5.41, 5.74) is 0. The van der Waals surface area contributed by atoms with Crippen molar-refractivity contribution in [3.8, 4) is 0 Å². The van der Waals surface area contributed by atoms with Gasteiger partial charge in [0.25, 0.3) is 5.91 Å². The van der Waals surface area contributed by atoms with Crippen molar-refractivity contribution in [3.63, 3.8) is 0 Å². The Hall–Kier alpha value is -2.09. The van der Waals surface area contributed by atoms with E-state index in [4.69, 9.17) is 0 Å². The molecule has 0 radical (unpaired) electrons. The summed E-state index contributed by atoms with van der Waals surface area (Å²) < 4.78 is 0. The average molecular weight is 294 g/mol. The van der Waals surface area contributed by atoms with E-state index in [1.165, 1.54) is 11.8 Å². The summed E-state index contributed by atoms with van der Waals surface area (Å²) in [5, 5.41) is 5.90. The van der Waals surface area contributed by atoms with Crippen LogP contribution in [0.5, 0.6) is 0 Å². The maximum Gasteiger partial charge on any atom is 0.325 e. The van der Waals surface area contributed by atoms with Crippen molar-refractivity contribution >= 4 is 29.6 Å². The van der Waals surface area contributed by atoms with Gasteiger partial charge in [-0.2, -0.15) is 0 Å².